The average molecular weight is 375 g/mol. The van der Waals surface area contributed by atoms with E-state index in [0.717, 1.165) is 22.0 Å². The molecule has 2 aromatic carbocycles. The number of aliphatic hydroxyl groups excluding tert-OH is 1. The highest BCUT2D eigenvalue weighted by molar-refractivity contribution is 8.00. The fourth-order valence-electron chi connectivity index (χ4n) is 2.47. The number of hydrogen-bond donors (Lipinski definition) is 2. The molecule has 0 aromatic heterocycles. The Kier molecular flexibility index (Phi) is 6.25. The van der Waals surface area contributed by atoms with Crippen molar-refractivity contribution in [1.82, 2.24) is 5.32 Å². The van der Waals surface area contributed by atoms with Gasteiger partial charge in [-0.15, -0.1) is 11.8 Å². The van der Waals surface area contributed by atoms with Crippen LogP contribution < -0.4 is 19.5 Å². The van der Waals surface area contributed by atoms with Crippen LogP contribution in [0.3, 0.4) is 0 Å². The smallest absolute Gasteiger partial charge is 0.230 e. The average Bonchev–Trinajstić information content (AvgIpc) is 2.70. The first kappa shape index (κ1) is 18.4. The molecule has 2 aromatic rings. The standard InChI is InChI=1S/C19H21NO5S/c1-23-14-4-2-13(3-5-14)16(21)11-20-19(22)12-26-15-6-7-17-18(10-15)25-9-8-24-17/h2-7,10,16,21H,8-9,11-12H2,1H3,(H,20,22). The lowest BCUT2D eigenvalue weighted by molar-refractivity contribution is -0.119. The predicted octanol–water partition coefficient (Wildman–Crippen LogP) is 2.41. The molecule has 1 aliphatic rings. The van der Waals surface area contributed by atoms with Crippen molar-refractivity contribution in [3.63, 3.8) is 0 Å². The summed E-state index contributed by atoms with van der Waals surface area (Å²) in [5, 5.41) is 12.9. The molecule has 1 heterocycles. The van der Waals surface area contributed by atoms with Crippen LogP contribution in [0.1, 0.15) is 11.7 Å². The second-order valence-corrected chi connectivity index (χ2v) is 6.74. The number of aliphatic hydroxyl groups is 1. The number of benzene rings is 2. The Morgan fingerprint density at radius 3 is 2.65 bits per heavy atom. The van der Waals surface area contributed by atoms with Crippen LogP contribution in [-0.2, 0) is 4.79 Å². The van der Waals surface area contributed by atoms with E-state index in [4.69, 9.17) is 14.2 Å². The molecule has 0 fully saturated rings. The van der Waals surface area contributed by atoms with Gasteiger partial charge in [-0.3, -0.25) is 4.79 Å². The maximum Gasteiger partial charge on any atom is 0.230 e. The van der Waals surface area contributed by atoms with Crippen molar-refractivity contribution in [1.29, 1.82) is 0 Å². The van der Waals surface area contributed by atoms with Crippen LogP contribution in [0.25, 0.3) is 0 Å². The number of hydrogen-bond acceptors (Lipinski definition) is 6. The molecular formula is C19H21NO5S. The number of carbonyl (C=O) groups excluding carboxylic acids is 1. The van der Waals surface area contributed by atoms with Gasteiger partial charge in [0.25, 0.3) is 0 Å². The van der Waals surface area contributed by atoms with Crippen LogP contribution in [0.4, 0.5) is 0 Å². The molecule has 3 rings (SSSR count). The maximum atomic E-state index is 12.0. The quantitative estimate of drug-likeness (QED) is 0.724. The van der Waals surface area contributed by atoms with E-state index >= 15 is 0 Å². The Bertz CT molecular complexity index is 750. The SMILES string of the molecule is COc1ccc(C(O)CNC(=O)CSc2ccc3c(c2)OCCO3)cc1. The van der Waals surface area contributed by atoms with E-state index in [9.17, 15) is 9.90 Å². The summed E-state index contributed by atoms with van der Waals surface area (Å²) >= 11 is 1.41. The molecule has 1 amide bonds. The first-order chi connectivity index (χ1) is 12.7. The molecule has 0 saturated carbocycles. The molecule has 7 heteroatoms. The van der Waals surface area contributed by atoms with Crippen molar-refractivity contribution in [3.05, 3.63) is 48.0 Å². The lowest BCUT2D eigenvalue weighted by atomic mass is 10.1. The highest BCUT2D eigenvalue weighted by Gasteiger charge is 2.13. The van der Waals surface area contributed by atoms with Gasteiger partial charge in [0.05, 0.1) is 19.0 Å². The summed E-state index contributed by atoms with van der Waals surface area (Å²) in [6, 6.07) is 12.7. The second kappa shape index (κ2) is 8.82. The van der Waals surface area contributed by atoms with Crippen molar-refractivity contribution >= 4 is 17.7 Å². The topological polar surface area (TPSA) is 77.0 Å². The summed E-state index contributed by atoms with van der Waals surface area (Å²) in [6.07, 6.45) is -0.760. The van der Waals surface area contributed by atoms with Crippen molar-refractivity contribution in [2.24, 2.45) is 0 Å². The summed E-state index contributed by atoms with van der Waals surface area (Å²) in [4.78, 5) is 13.0. The number of nitrogens with one attached hydrogen (secondary N) is 1. The third kappa shape index (κ3) is 4.83. The maximum absolute atomic E-state index is 12.0. The molecule has 138 valence electrons. The van der Waals surface area contributed by atoms with Gasteiger partial charge >= 0.3 is 0 Å². The minimum Gasteiger partial charge on any atom is -0.497 e. The molecule has 2 N–H and O–H groups in total. The fourth-order valence-corrected chi connectivity index (χ4v) is 3.22. The van der Waals surface area contributed by atoms with E-state index < -0.39 is 6.10 Å². The normalized spacial score (nSPS) is 13.8. The number of amides is 1. The second-order valence-electron chi connectivity index (χ2n) is 5.69. The Hall–Kier alpha value is -2.38. The van der Waals surface area contributed by atoms with Gasteiger partial charge in [-0.25, -0.2) is 0 Å². The van der Waals surface area contributed by atoms with Gasteiger partial charge < -0.3 is 24.6 Å². The van der Waals surface area contributed by atoms with Gasteiger partial charge in [-0.05, 0) is 35.9 Å². The third-order valence-electron chi connectivity index (χ3n) is 3.88. The molecule has 0 bridgehead atoms. The van der Waals surface area contributed by atoms with E-state index in [0.29, 0.717) is 19.0 Å². The summed E-state index contributed by atoms with van der Waals surface area (Å²) < 4.78 is 16.1. The minimum atomic E-state index is -0.760. The largest absolute Gasteiger partial charge is 0.497 e. The summed E-state index contributed by atoms with van der Waals surface area (Å²) in [5.74, 6) is 2.28. The lowest BCUT2D eigenvalue weighted by Crippen LogP contribution is -2.29. The van der Waals surface area contributed by atoms with Crippen LogP contribution in [0.5, 0.6) is 17.2 Å². The Balaban J connectivity index is 1.45. The van der Waals surface area contributed by atoms with Crippen molar-refractivity contribution in [3.8, 4) is 17.2 Å². The Morgan fingerprint density at radius 2 is 1.92 bits per heavy atom. The van der Waals surface area contributed by atoms with Crippen molar-refractivity contribution in [2.75, 3.05) is 32.6 Å². The third-order valence-corrected chi connectivity index (χ3v) is 4.87. The molecule has 6 nitrogen and oxygen atoms in total. The Morgan fingerprint density at radius 1 is 1.19 bits per heavy atom. The molecular weight excluding hydrogens is 354 g/mol. The Labute approximate surface area is 156 Å². The van der Waals surface area contributed by atoms with Gasteiger partial charge in [-0.2, -0.15) is 0 Å². The predicted molar refractivity (Wildman–Crippen MR) is 99.1 cm³/mol. The minimum absolute atomic E-state index is 0.141. The zero-order valence-corrected chi connectivity index (χ0v) is 15.3. The number of thioether (sulfide) groups is 1. The monoisotopic (exact) mass is 375 g/mol. The fraction of sp³-hybridized carbons (Fsp3) is 0.316. The number of fused-ring (bicyclic) bond motifs is 1. The first-order valence-electron chi connectivity index (χ1n) is 8.27. The molecule has 0 radical (unpaired) electrons. The van der Waals surface area contributed by atoms with E-state index in [-0.39, 0.29) is 18.2 Å². The van der Waals surface area contributed by atoms with E-state index in [2.05, 4.69) is 5.32 Å². The zero-order valence-electron chi connectivity index (χ0n) is 14.4. The van der Waals surface area contributed by atoms with E-state index in [1.807, 2.05) is 18.2 Å². The van der Waals surface area contributed by atoms with Gasteiger partial charge in [0.1, 0.15) is 19.0 Å². The van der Waals surface area contributed by atoms with Crippen molar-refractivity contribution < 1.29 is 24.1 Å². The van der Waals surface area contributed by atoms with Gasteiger partial charge in [-0.1, -0.05) is 12.1 Å². The van der Waals surface area contributed by atoms with Crippen LogP contribution in [0, 0.1) is 0 Å². The lowest BCUT2D eigenvalue weighted by Gasteiger charge is -2.18. The van der Waals surface area contributed by atoms with Crippen LogP contribution in [-0.4, -0.2) is 43.6 Å². The molecule has 26 heavy (non-hydrogen) atoms. The van der Waals surface area contributed by atoms with Gasteiger partial charge in [0.2, 0.25) is 5.91 Å². The zero-order chi connectivity index (χ0) is 18.4. The number of carbonyl (C=O) groups is 1. The summed E-state index contributed by atoms with van der Waals surface area (Å²) in [7, 11) is 1.59. The molecule has 1 atom stereocenters. The number of methoxy groups -OCH3 is 1. The highest BCUT2D eigenvalue weighted by atomic mass is 32.2. The molecule has 0 aliphatic carbocycles. The van der Waals surface area contributed by atoms with Crippen molar-refractivity contribution in [2.45, 2.75) is 11.0 Å². The molecule has 1 aliphatic heterocycles. The van der Waals surface area contributed by atoms with Crippen LogP contribution in [0.15, 0.2) is 47.4 Å². The van der Waals surface area contributed by atoms with Crippen LogP contribution in [0.2, 0.25) is 0 Å². The van der Waals surface area contributed by atoms with Gasteiger partial charge in [0, 0.05) is 11.4 Å². The molecule has 0 spiro atoms. The summed E-state index contributed by atoms with van der Waals surface area (Å²) in [5.41, 5.74) is 0.727. The number of rotatable bonds is 7. The number of ether oxygens (including phenoxy) is 3. The van der Waals surface area contributed by atoms with Crippen LogP contribution >= 0.6 is 11.8 Å². The first-order valence-corrected chi connectivity index (χ1v) is 9.25. The summed E-state index contributed by atoms with van der Waals surface area (Å²) in [6.45, 7) is 1.25. The van der Waals surface area contributed by atoms with E-state index in [1.54, 1.807) is 31.4 Å². The van der Waals surface area contributed by atoms with Gasteiger partial charge in [0.15, 0.2) is 11.5 Å². The molecule has 0 saturated heterocycles. The molecule has 1 unspecified atom stereocenters. The van der Waals surface area contributed by atoms with E-state index in [1.165, 1.54) is 11.8 Å². The highest BCUT2D eigenvalue weighted by Crippen LogP contribution is 2.34.